The van der Waals surface area contributed by atoms with E-state index in [0.717, 1.165) is 53.7 Å². The lowest BCUT2D eigenvalue weighted by Crippen LogP contribution is -2.49. The van der Waals surface area contributed by atoms with Crippen molar-refractivity contribution < 1.29 is 4.79 Å². The number of imidazole rings is 1. The maximum atomic E-state index is 13.1. The van der Waals surface area contributed by atoms with Gasteiger partial charge in [0.05, 0.1) is 23.4 Å². The Bertz CT molecular complexity index is 1220. The fraction of sp³-hybridized carbons (Fsp3) is 0.280. The zero-order chi connectivity index (χ0) is 22.8. The second-order valence-corrected chi connectivity index (χ2v) is 8.33. The van der Waals surface area contributed by atoms with Gasteiger partial charge in [-0.05, 0) is 43.7 Å². The maximum absolute atomic E-state index is 13.1. The van der Waals surface area contributed by atoms with Crippen molar-refractivity contribution in [3.8, 4) is 5.82 Å². The Morgan fingerprint density at radius 2 is 1.76 bits per heavy atom. The first-order valence-corrected chi connectivity index (χ1v) is 11.2. The third kappa shape index (κ3) is 4.24. The molecule has 0 saturated carbocycles. The summed E-state index contributed by atoms with van der Waals surface area (Å²) in [5.74, 6) is 0.899. The van der Waals surface area contributed by atoms with Gasteiger partial charge in [-0.25, -0.2) is 14.6 Å². The van der Waals surface area contributed by atoms with E-state index in [-0.39, 0.29) is 5.91 Å². The van der Waals surface area contributed by atoms with Crippen LogP contribution in [-0.4, -0.2) is 61.3 Å². The lowest BCUT2D eigenvalue weighted by atomic mass is 10.1. The van der Waals surface area contributed by atoms with Crippen LogP contribution in [0.25, 0.3) is 5.82 Å². The Balaban J connectivity index is 1.24. The van der Waals surface area contributed by atoms with Crippen molar-refractivity contribution in [1.82, 2.24) is 29.2 Å². The standard InChI is InChI=1S/C25H27N7O/c1-19-24(20(2)32(28-19)23-5-3-4-10-27-23)30-13-15-31(16-14-30)25(33)22-8-6-21(7-9-22)17-29-12-11-26-18-29/h3-12,18H,13-17H2,1-2H3. The van der Waals surface area contributed by atoms with Gasteiger partial charge in [-0.2, -0.15) is 5.10 Å². The first-order valence-electron chi connectivity index (χ1n) is 11.2. The van der Waals surface area contributed by atoms with Crippen LogP contribution in [0.4, 0.5) is 5.69 Å². The monoisotopic (exact) mass is 441 g/mol. The highest BCUT2D eigenvalue weighted by Gasteiger charge is 2.26. The van der Waals surface area contributed by atoms with Crippen LogP contribution in [0, 0.1) is 13.8 Å². The van der Waals surface area contributed by atoms with E-state index in [1.165, 1.54) is 0 Å². The largest absolute Gasteiger partial charge is 0.365 e. The van der Waals surface area contributed by atoms with E-state index in [2.05, 4.69) is 21.8 Å². The van der Waals surface area contributed by atoms with Gasteiger partial charge in [0.2, 0.25) is 0 Å². The zero-order valence-electron chi connectivity index (χ0n) is 18.9. The van der Waals surface area contributed by atoms with E-state index in [9.17, 15) is 4.79 Å². The number of benzene rings is 1. The van der Waals surface area contributed by atoms with Crippen LogP contribution in [0.3, 0.4) is 0 Å². The van der Waals surface area contributed by atoms with Crippen LogP contribution < -0.4 is 4.90 Å². The summed E-state index contributed by atoms with van der Waals surface area (Å²) in [7, 11) is 0. The van der Waals surface area contributed by atoms with Crippen LogP contribution in [0.15, 0.2) is 67.4 Å². The molecule has 1 aliphatic heterocycles. The van der Waals surface area contributed by atoms with Crippen molar-refractivity contribution in [1.29, 1.82) is 0 Å². The van der Waals surface area contributed by atoms with Gasteiger partial charge in [0.25, 0.3) is 5.91 Å². The van der Waals surface area contributed by atoms with Crippen LogP contribution in [-0.2, 0) is 6.54 Å². The summed E-state index contributed by atoms with van der Waals surface area (Å²) in [6.45, 7) is 7.78. The summed E-state index contributed by atoms with van der Waals surface area (Å²) in [5, 5.41) is 4.72. The van der Waals surface area contributed by atoms with Gasteiger partial charge in [-0.1, -0.05) is 18.2 Å². The second kappa shape index (κ2) is 8.90. The summed E-state index contributed by atoms with van der Waals surface area (Å²) in [4.78, 5) is 25.8. The molecule has 0 bridgehead atoms. The number of piperazine rings is 1. The molecule has 0 aliphatic carbocycles. The third-order valence-corrected chi connectivity index (χ3v) is 6.13. The number of rotatable bonds is 5. The lowest BCUT2D eigenvalue weighted by Gasteiger charge is -2.36. The molecule has 0 radical (unpaired) electrons. The molecular formula is C25H27N7O. The van der Waals surface area contributed by atoms with E-state index >= 15 is 0 Å². The van der Waals surface area contributed by atoms with Gasteiger partial charge >= 0.3 is 0 Å². The minimum atomic E-state index is 0.0847. The predicted octanol–water partition coefficient (Wildman–Crippen LogP) is 3.09. The lowest BCUT2D eigenvalue weighted by molar-refractivity contribution is 0.0746. The Hall–Kier alpha value is -3.94. The summed E-state index contributed by atoms with van der Waals surface area (Å²) in [6, 6.07) is 13.7. The fourth-order valence-corrected chi connectivity index (χ4v) is 4.45. The molecule has 4 aromatic rings. The molecule has 4 heterocycles. The quantitative estimate of drug-likeness (QED) is 0.476. The molecule has 0 atom stereocenters. The molecule has 1 amide bonds. The number of amides is 1. The van der Waals surface area contributed by atoms with E-state index in [4.69, 9.17) is 5.10 Å². The number of pyridine rings is 1. The van der Waals surface area contributed by atoms with E-state index in [1.807, 2.05) is 69.7 Å². The highest BCUT2D eigenvalue weighted by Crippen LogP contribution is 2.27. The average molecular weight is 442 g/mol. The molecule has 1 aliphatic rings. The minimum absolute atomic E-state index is 0.0847. The van der Waals surface area contributed by atoms with E-state index in [1.54, 1.807) is 18.7 Å². The highest BCUT2D eigenvalue weighted by atomic mass is 16.2. The first-order chi connectivity index (χ1) is 16.1. The van der Waals surface area contributed by atoms with Gasteiger partial charge in [-0.3, -0.25) is 4.79 Å². The smallest absolute Gasteiger partial charge is 0.253 e. The molecule has 8 heteroatoms. The molecule has 1 saturated heterocycles. The molecule has 168 valence electrons. The van der Waals surface area contributed by atoms with Crippen LogP contribution in [0.1, 0.15) is 27.3 Å². The van der Waals surface area contributed by atoms with Crippen molar-refractivity contribution in [3.63, 3.8) is 0 Å². The molecule has 1 fully saturated rings. The zero-order valence-corrected chi connectivity index (χ0v) is 18.9. The Kier molecular flexibility index (Phi) is 5.64. The Morgan fingerprint density at radius 3 is 2.42 bits per heavy atom. The molecule has 0 spiro atoms. The number of aromatic nitrogens is 5. The van der Waals surface area contributed by atoms with E-state index < -0.39 is 0 Å². The molecular weight excluding hydrogens is 414 g/mol. The van der Waals surface area contributed by atoms with Gasteiger partial charge in [0.1, 0.15) is 0 Å². The molecule has 0 unspecified atom stereocenters. The van der Waals surface area contributed by atoms with E-state index in [0.29, 0.717) is 13.1 Å². The van der Waals surface area contributed by atoms with Crippen LogP contribution in [0.5, 0.6) is 0 Å². The normalized spacial score (nSPS) is 14.0. The number of carbonyl (C=O) groups is 1. The maximum Gasteiger partial charge on any atom is 0.253 e. The molecule has 33 heavy (non-hydrogen) atoms. The topological polar surface area (TPSA) is 72.1 Å². The van der Waals surface area contributed by atoms with Crippen molar-refractivity contribution >= 4 is 11.6 Å². The number of aryl methyl sites for hydroxylation is 1. The number of hydrogen-bond acceptors (Lipinski definition) is 5. The predicted molar refractivity (Wildman–Crippen MR) is 127 cm³/mol. The van der Waals surface area contributed by atoms with Gasteiger partial charge in [0.15, 0.2) is 5.82 Å². The number of carbonyl (C=O) groups excluding carboxylic acids is 1. The average Bonchev–Trinajstić information content (AvgIpc) is 3.47. The van der Waals surface area contributed by atoms with Gasteiger partial charge in [0, 0.05) is 56.9 Å². The summed E-state index contributed by atoms with van der Waals surface area (Å²) >= 11 is 0. The minimum Gasteiger partial charge on any atom is -0.365 e. The second-order valence-electron chi connectivity index (χ2n) is 8.33. The molecule has 8 nitrogen and oxygen atoms in total. The fourth-order valence-electron chi connectivity index (χ4n) is 4.45. The highest BCUT2D eigenvalue weighted by molar-refractivity contribution is 5.94. The molecule has 5 rings (SSSR count). The summed E-state index contributed by atoms with van der Waals surface area (Å²) in [5.41, 5.74) is 5.06. The SMILES string of the molecule is Cc1nn(-c2ccccn2)c(C)c1N1CCN(C(=O)c2ccc(Cn3ccnc3)cc2)CC1. The molecule has 0 N–H and O–H groups in total. The van der Waals surface area contributed by atoms with Crippen LogP contribution in [0.2, 0.25) is 0 Å². The first kappa shape index (κ1) is 20.9. The Morgan fingerprint density at radius 1 is 0.970 bits per heavy atom. The van der Waals surface area contributed by atoms with Crippen molar-refractivity contribution in [2.24, 2.45) is 0 Å². The number of anilines is 1. The van der Waals surface area contributed by atoms with Crippen molar-refractivity contribution in [3.05, 3.63) is 89.9 Å². The number of hydrogen-bond donors (Lipinski definition) is 0. The summed E-state index contributed by atoms with van der Waals surface area (Å²) in [6.07, 6.45) is 7.27. The van der Waals surface area contributed by atoms with Gasteiger partial charge in [-0.15, -0.1) is 0 Å². The Labute approximate surface area is 193 Å². The third-order valence-electron chi connectivity index (χ3n) is 6.13. The summed E-state index contributed by atoms with van der Waals surface area (Å²) < 4.78 is 3.91. The van der Waals surface area contributed by atoms with Crippen molar-refractivity contribution in [2.75, 3.05) is 31.1 Å². The number of nitrogens with zero attached hydrogens (tertiary/aromatic N) is 7. The molecule has 3 aromatic heterocycles. The molecule has 1 aromatic carbocycles. The van der Waals surface area contributed by atoms with Crippen LogP contribution >= 0.6 is 0 Å². The van der Waals surface area contributed by atoms with Crippen molar-refractivity contribution in [2.45, 2.75) is 20.4 Å². The van der Waals surface area contributed by atoms with Gasteiger partial charge < -0.3 is 14.4 Å².